The molecule has 0 amide bonds. The van der Waals surface area contributed by atoms with Crippen molar-refractivity contribution in [3.05, 3.63) is 29.8 Å². The summed E-state index contributed by atoms with van der Waals surface area (Å²) in [6.07, 6.45) is 1.04. The first-order valence-corrected chi connectivity index (χ1v) is 4.92. The topological polar surface area (TPSA) is 19.9 Å². The Bertz CT molecular complexity index is 266. The number of para-hydroxylation sites is 1. The summed E-state index contributed by atoms with van der Waals surface area (Å²) >= 11 is 0. The van der Waals surface area contributed by atoms with E-state index in [4.69, 9.17) is 0 Å². The number of rotatable bonds is 3. The SMILES string of the molecule is CCC(c1ccccc1[O])C(C)C. The Hall–Kier alpha value is -0.980. The highest BCUT2D eigenvalue weighted by molar-refractivity contribution is 5.34. The van der Waals surface area contributed by atoms with Crippen molar-refractivity contribution < 1.29 is 5.11 Å². The van der Waals surface area contributed by atoms with Crippen LogP contribution in [-0.2, 0) is 5.11 Å². The van der Waals surface area contributed by atoms with E-state index < -0.39 is 0 Å². The van der Waals surface area contributed by atoms with Gasteiger partial charge in [-0.3, -0.25) is 5.11 Å². The number of hydrogen-bond acceptors (Lipinski definition) is 0. The molecule has 0 N–H and O–H groups in total. The number of benzene rings is 1. The fourth-order valence-electron chi connectivity index (χ4n) is 1.84. The van der Waals surface area contributed by atoms with Crippen LogP contribution in [0.2, 0.25) is 0 Å². The second kappa shape index (κ2) is 4.31. The van der Waals surface area contributed by atoms with Crippen LogP contribution >= 0.6 is 0 Å². The fraction of sp³-hybridized carbons (Fsp3) is 0.500. The van der Waals surface area contributed by atoms with Crippen LogP contribution in [0.15, 0.2) is 24.3 Å². The molecule has 71 valence electrons. The molecule has 1 rings (SSSR count). The summed E-state index contributed by atoms with van der Waals surface area (Å²) in [7, 11) is 0. The lowest BCUT2D eigenvalue weighted by Gasteiger charge is -2.19. The third-order valence-electron chi connectivity index (χ3n) is 2.56. The third-order valence-corrected chi connectivity index (χ3v) is 2.56. The Kier molecular flexibility index (Phi) is 3.35. The zero-order chi connectivity index (χ0) is 9.84. The van der Waals surface area contributed by atoms with Crippen molar-refractivity contribution in [2.75, 3.05) is 0 Å². The van der Waals surface area contributed by atoms with Crippen molar-refractivity contribution >= 4 is 0 Å². The van der Waals surface area contributed by atoms with Gasteiger partial charge in [0.25, 0.3) is 0 Å². The molecule has 0 heterocycles. The molecule has 0 saturated heterocycles. The second-order valence-electron chi connectivity index (χ2n) is 3.80. The Morgan fingerprint density at radius 3 is 2.31 bits per heavy atom. The predicted octanol–water partition coefficient (Wildman–Crippen LogP) is 3.98. The summed E-state index contributed by atoms with van der Waals surface area (Å²) < 4.78 is 0. The van der Waals surface area contributed by atoms with Crippen LogP contribution in [0, 0.1) is 5.92 Å². The summed E-state index contributed by atoms with van der Waals surface area (Å²) in [4.78, 5) is 0. The Balaban J connectivity index is 2.97. The first kappa shape index (κ1) is 10.1. The molecular weight excluding hydrogens is 160 g/mol. The van der Waals surface area contributed by atoms with Crippen molar-refractivity contribution in [3.8, 4) is 5.75 Å². The van der Waals surface area contributed by atoms with Crippen LogP contribution in [0.1, 0.15) is 38.7 Å². The second-order valence-corrected chi connectivity index (χ2v) is 3.80. The Labute approximate surface area is 80.4 Å². The van der Waals surface area contributed by atoms with Crippen LogP contribution in [-0.4, -0.2) is 0 Å². The average Bonchev–Trinajstić information content (AvgIpc) is 2.09. The molecule has 1 radical (unpaired) electrons. The molecular formula is C12H17O. The van der Waals surface area contributed by atoms with E-state index in [0.29, 0.717) is 11.8 Å². The minimum Gasteiger partial charge on any atom is -0.290 e. The zero-order valence-electron chi connectivity index (χ0n) is 8.58. The molecule has 0 bridgehead atoms. The number of hydrogen-bond donors (Lipinski definition) is 0. The molecule has 0 saturated carbocycles. The van der Waals surface area contributed by atoms with Crippen molar-refractivity contribution in [3.63, 3.8) is 0 Å². The van der Waals surface area contributed by atoms with Gasteiger partial charge < -0.3 is 0 Å². The van der Waals surface area contributed by atoms with E-state index in [-0.39, 0.29) is 5.75 Å². The summed E-state index contributed by atoms with van der Waals surface area (Å²) in [6.45, 7) is 6.47. The lowest BCUT2D eigenvalue weighted by Crippen LogP contribution is -2.05. The maximum absolute atomic E-state index is 11.5. The first-order chi connectivity index (χ1) is 6.16. The smallest absolute Gasteiger partial charge is 0.182 e. The maximum atomic E-state index is 11.5. The third kappa shape index (κ3) is 2.24. The van der Waals surface area contributed by atoms with Crippen LogP contribution in [0.25, 0.3) is 0 Å². The summed E-state index contributed by atoms with van der Waals surface area (Å²) in [5, 5.41) is 11.5. The van der Waals surface area contributed by atoms with E-state index >= 15 is 0 Å². The van der Waals surface area contributed by atoms with E-state index in [1.807, 2.05) is 12.1 Å². The Morgan fingerprint density at radius 1 is 1.23 bits per heavy atom. The summed E-state index contributed by atoms with van der Waals surface area (Å²) in [5.41, 5.74) is 0.972. The fourth-order valence-corrected chi connectivity index (χ4v) is 1.84. The van der Waals surface area contributed by atoms with Crippen molar-refractivity contribution in [1.29, 1.82) is 0 Å². The van der Waals surface area contributed by atoms with Crippen molar-refractivity contribution in [1.82, 2.24) is 0 Å². The molecule has 0 aliphatic heterocycles. The normalized spacial score (nSPS) is 13.2. The molecule has 0 aromatic heterocycles. The van der Waals surface area contributed by atoms with Gasteiger partial charge in [-0.1, -0.05) is 39.0 Å². The molecule has 0 aliphatic rings. The summed E-state index contributed by atoms with van der Waals surface area (Å²) in [5.74, 6) is 1.14. The van der Waals surface area contributed by atoms with Gasteiger partial charge in [0.15, 0.2) is 5.75 Å². The molecule has 1 unspecified atom stereocenters. The van der Waals surface area contributed by atoms with Gasteiger partial charge in [0.05, 0.1) is 0 Å². The molecule has 0 fully saturated rings. The van der Waals surface area contributed by atoms with Gasteiger partial charge in [0.2, 0.25) is 0 Å². The van der Waals surface area contributed by atoms with Gasteiger partial charge in [0, 0.05) is 5.56 Å². The standard InChI is InChI=1S/C12H17O/c1-4-10(9(2)3)11-7-5-6-8-12(11)13/h5-10H,4H2,1-3H3. The average molecular weight is 177 g/mol. The van der Waals surface area contributed by atoms with E-state index in [1.54, 1.807) is 12.1 Å². The quantitative estimate of drug-likeness (QED) is 0.665. The van der Waals surface area contributed by atoms with Crippen molar-refractivity contribution in [2.24, 2.45) is 5.92 Å². The molecule has 1 nitrogen and oxygen atoms in total. The lowest BCUT2D eigenvalue weighted by molar-refractivity contribution is 0.339. The van der Waals surface area contributed by atoms with Gasteiger partial charge >= 0.3 is 0 Å². The van der Waals surface area contributed by atoms with Crippen LogP contribution in [0.4, 0.5) is 0 Å². The van der Waals surface area contributed by atoms with E-state index in [2.05, 4.69) is 20.8 Å². The molecule has 1 aromatic carbocycles. The van der Waals surface area contributed by atoms with Gasteiger partial charge in [-0.2, -0.15) is 0 Å². The minimum absolute atomic E-state index is 0.183. The van der Waals surface area contributed by atoms with E-state index in [0.717, 1.165) is 12.0 Å². The highest BCUT2D eigenvalue weighted by Crippen LogP contribution is 2.33. The van der Waals surface area contributed by atoms with Crippen molar-refractivity contribution in [2.45, 2.75) is 33.1 Å². The van der Waals surface area contributed by atoms with Gasteiger partial charge in [-0.15, -0.1) is 0 Å². The highest BCUT2D eigenvalue weighted by Gasteiger charge is 2.16. The highest BCUT2D eigenvalue weighted by atomic mass is 16.3. The lowest BCUT2D eigenvalue weighted by atomic mass is 9.86. The molecule has 0 aliphatic carbocycles. The Morgan fingerprint density at radius 2 is 1.85 bits per heavy atom. The first-order valence-electron chi connectivity index (χ1n) is 4.92. The molecule has 13 heavy (non-hydrogen) atoms. The van der Waals surface area contributed by atoms with Gasteiger partial charge in [0.1, 0.15) is 0 Å². The van der Waals surface area contributed by atoms with Crippen LogP contribution < -0.4 is 0 Å². The molecule has 1 atom stereocenters. The molecule has 1 heteroatoms. The van der Waals surface area contributed by atoms with E-state index in [1.165, 1.54) is 0 Å². The molecule has 1 aromatic rings. The van der Waals surface area contributed by atoms with Gasteiger partial charge in [-0.25, -0.2) is 0 Å². The molecule has 0 spiro atoms. The predicted molar refractivity (Wildman–Crippen MR) is 54.4 cm³/mol. The zero-order valence-corrected chi connectivity index (χ0v) is 8.58. The van der Waals surface area contributed by atoms with Crippen LogP contribution in [0.3, 0.4) is 0 Å². The van der Waals surface area contributed by atoms with Gasteiger partial charge in [-0.05, 0) is 24.3 Å². The van der Waals surface area contributed by atoms with E-state index in [9.17, 15) is 5.11 Å². The monoisotopic (exact) mass is 177 g/mol. The minimum atomic E-state index is 0.183. The maximum Gasteiger partial charge on any atom is 0.182 e. The largest absolute Gasteiger partial charge is 0.290 e. The van der Waals surface area contributed by atoms with Crippen LogP contribution in [0.5, 0.6) is 5.75 Å². The summed E-state index contributed by atoms with van der Waals surface area (Å²) in [6, 6.07) is 7.36.